The van der Waals surface area contributed by atoms with Gasteiger partial charge in [0.15, 0.2) is 0 Å². The first-order valence-electron chi connectivity index (χ1n) is 4.09. The van der Waals surface area contributed by atoms with Crippen molar-refractivity contribution in [2.24, 2.45) is 5.92 Å². The molecule has 0 aliphatic rings. The van der Waals surface area contributed by atoms with Crippen LogP contribution in [0.3, 0.4) is 0 Å². The average Bonchev–Trinajstić information content (AvgIpc) is 1.97. The Morgan fingerprint density at radius 2 is 2.00 bits per heavy atom. The summed E-state index contributed by atoms with van der Waals surface area (Å²) in [6, 6.07) is 0. The van der Waals surface area contributed by atoms with Crippen molar-refractivity contribution in [1.82, 2.24) is 0 Å². The van der Waals surface area contributed by atoms with Crippen LogP contribution < -0.4 is 0 Å². The lowest BCUT2D eigenvalue weighted by Crippen LogP contribution is -2.06. The van der Waals surface area contributed by atoms with Gasteiger partial charge in [-0.25, -0.2) is 0 Å². The van der Waals surface area contributed by atoms with Gasteiger partial charge < -0.3 is 10.2 Å². The third-order valence-electron chi connectivity index (χ3n) is 1.88. The van der Waals surface area contributed by atoms with Crippen LogP contribution in [0.15, 0.2) is 12.2 Å². The molecule has 0 aliphatic heterocycles. The molecule has 0 heterocycles. The quantitative estimate of drug-likeness (QED) is 0.452. The first-order chi connectivity index (χ1) is 5.22. The van der Waals surface area contributed by atoms with Crippen LogP contribution in [0, 0.1) is 5.92 Å². The zero-order valence-corrected chi connectivity index (χ0v) is 7.21. The maximum absolute atomic E-state index is 8.87. The highest BCUT2D eigenvalue weighted by Crippen LogP contribution is 2.14. The van der Waals surface area contributed by atoms with Crippen molar-refractivity contribution >= 4 is 0 Å². The first-order valence-corrected chi connectivity index (χ1v) is 4.09. The second-order valence-electron chi connectivity index (χ2n) is 2.95. The van der Waals surface area contributed by atoms with E-state index in [1.807, 2.05) is 6.92 Å². The van der Waals surface area contributed by atoms with Crippen LogP contribution in [0.5, 0.6) is 0 Å². The fourth-order valence-corrected chi connectivity index (χ4v) is 0.996. The maximum atomic E-state index is 8.87. The highest BCUT2D eigenvalue weighted by atomic mass is 16.3. The molecule has 0 saturated carbocycles. The van der Waals surface area contributed by atoms with Gasteiger partial charge in [-0.2, -0.15) is 0 Å². The van der Waals surface area contributed by atoms with Crippen LogP contribution in [0.25, 0.3) is 0 Å². The minimum atomic E-state index is 0.181. The average molecular weight is 158 g/mol. The predicted molar refractivity (Wildman–Crippen MR) is 46.3 cm³/mol. The van der Waals surface area contributed by atoms with Crippen LogP contribution in [0.1, 0.15) is 26.2 Å². The summed E-state index contributed by atoms with van der Waals surface area (Å²) in [5.74, 6) is 0.224. The number of aliphatic hydroxyl groups excluding tert-OH is 2. The van der Waals surface area contributed by atoms with Crippen molar-refractivity contribution in [1.29, 1.82) is 0 Å². The van der Waals surface area contributed by atoms with Crippen LogP contribution in [0.2, 0.25) is 0 Å². The molecule has 1 unspecified atom stereocenters. The molecule has 2 N–H and O–H groups in total. The number of rotatable bonds is 6. The standard InChI is InChI=1S/C9H18O2/c1-8(2)9(7-11)5-3-4-6-10/h9-11H,1,3-7H2,2H3. The van der Waals surface area contributed by atoms with E-state index < -0.39 is 0 Å². The molecule has 11 heavy (non-hydrogen) atoms. The van der Waals surface area contributed by atoms with Gasteiger partial charge in [0.05, 0.1) is 0 Å². The Morgan fingerprint density at radius 1 is 1.36 bits per heavy atom. The van der Waals surface area contributed by atoms with E-state index >= 15 is 0 Å². The van der Waals surface area contributed by atoms with Crippen molar-refractivity contribution in [2.75, 3.05) is 13.2 Å². The van der Waals surface area contributed by atoms with Gasteiger partial charge in [-0.05, 0) is 19.8 Å². The summed E-state index contributed by atoms with van der Waals surface area (Å²) in [5.41, 5.74) is 1.03. The molecule has 2 heteroatoms. The number of hydrogen-bond donors (Lipinski definition) is 2. The summed E-state index contributed by atoms with van der Waals surface area (Å²) in [4.78, 5) is 0. The Labute approximate surface area is 68.6 Å². The largest absolute Gasteiger partial charge is 0.396 e. The van der Waals surface area contributed by atoms with Crippen molar-refractivity contribution < 1.29 is 10.2 Å². The van der Waals surface area contributed by atoms with Gasteiger partial charge in [0.25, 0.3) is 0 Å². The SMILES string of the molecule is C=C(C)C(CO)CCCCO. The molecule has 0 aromatic heterocycles. The fourth-order valence-electron chi connectivity index (χ4n) is 0.996. The van der Waals surface area contributed by atoms with Crippen LogP contribution in [-0.4, -0.2) is 23.4 Å². The zero-order valence-electron chi connectivity index (χ0n) is 7.21. The molecule has 0 bridgehead atoms. The molecule has 0 aliphatic carbocycles. The van der Waals surface area contributed by atoms with Gasteiger partial charge in [0.2, 0.25) is 0 Å². The molecule has 0 amide bonds. The molecule has 66 valence electrons. The smallest absolute Gasteiger partial charge is 0.0496 e. The lowest BCUT2D eigenvalue weighted by atomic mass is 9.97. The van der Waals surface area contributed by atoms with Crippen LogP contribution in [0.4, 0.5) is 0 Å². The number of aliphatic hydroxyl groups is 2. The lowest BCUT2D eigenvalue weighted by Gasteiger charge is -2.12. The van der Waals surface area contributed by atoms with E-state index in [1.165, 1.54) is 0 Å². The monoisotopic (exact) mass is 158 g/mol. The minimum Gasteiger partial charge on any atom is -0.396 e. The maximum Gasteiger partial charge on any atom is 0.0496 e. The van der Waals surface area contributed by atoms with Crippen LogP contribution >= 0.6 is 0 Å². The Morgan fingerprint density at radius 3 is 2.36 bits per heavy atom. The summed E-state index contributed by atoms with van der Waals surface area (Å²) in [7, 11) is 0. The van der Waals surface area contributed by atoms with Gasteiger partial charge in [0, 0.05) is 19.1 Å². The summed E-state index contributed by atoms with van der Waals surface area (Å²) < 4.78 is 0. The fraction of sp³-hybridized carbons (Fsp3) is 0.778. The van der Waals surface area contributed by atoms with E-state index in [0.717, 1.165) is 24.8 Å². The second kappa shape index (κ2) is 6.38. The van der Waals surface area contributed by atoms with Crippen molar-refractivity contribution in [2.45, 2.75) is 26.2 Å². The number of hydrogen-bond acceptors (Lipinski definition) is 2. The van der Waals surface area contributed by atoms with Gasteiger partial charge in [-0.3, -0.25) is 0 Å². The van der Waals surface area contributed by atoms with Crippen LogP contribution in [-0.2, 0) is 0 Å². The highest BCUT2D eigenvalue weighted by Gasteiger charge is 2.06. The van der Waals surface area contributed by atoms with Crippen molar-refractivity contribution in [3.8, 4) is 0 Å². The Hall–Kier alpha value is -0.340. The molecular weight excluding hydrogens is 140 g/mol. The van der Waals surface area contributed by atoms with E-state index in [0.29, 0.717) is 0 Å². The third kappa shape index (κ3) is 4.99. The molecule has 0 rings (SSSR count). The molecule has 0 radical (unpaired) electrons. The molecule has 1 atom stereocenters. The van der Waals surface area contributed by atoms with E-state index in [2.05, 4.69) is 6.58 Å². The molecule has 0 aromatic rings. The lowest BCUT2D eigenvalue weighted by molar-refractivity contribution is 0.229. The minimum absolute atomic E-state index is 0.181. The van der Waals surface area contributed by atoms with Gasteiger partial charge >= 0.3 is 0 Å². The Kier molecular flexibility index (Phi) is 6.18. The molecule has 2 nitrogen and oxygen atoms in total. The van der Waals surface area contributed by atoms with Crippen molar-refractivity contribution in [3.05, 3.63) is 12.2 Å². The molecule has 0 saturated heterocycles. The van der Waals surface area contributed by atoms with E-state index in [1.54, 1.807) is 0 Å². The zero-order chi connectivity index (χ0) is 8.69. The summed E-state index contributed by atoms with van der Waals surface area (Å²) in [6.07, 6.45) is 2.73. The molecule has 0 fully saturated rings. The molecule has 0 spiro atoms. The van der Waals surface area contributed by atoms with Crippen molar-refractivity contribution in [3.63, 3.8) is 0 Å². The van der Waals surface area contributed by atoms with E-state index in [9.17, 15) is 0 Å². The van der Waals surface area contributed by atoms with Gasteiger partial charge in [-0.15, -0.1) is 0 Å². The normalized spacial score (nSPS) is 13.0. The summed E-state index contributed by atoms with van der Waals surface area (Å²) in [6.45, 7) is 6.14. The topological polar surface area (TPSA) is 40.5 Å². The first kappa shape index (κ1) is 10.7. The Bertz CT molecular complexity index is 110. The summed E-state index contributed by atoms with van der Waals surface area (Å²) in [5, 5.41) is 17.4. The molecule has 0 aromatic carbocycles. The van der Waals surface area contributed by atoms with E-state index in [4.69, 9.17) is 10.2 Å². The highest BCUT2D eigenvalue weighted by molar-refractivity contribution is 4.95. The van der Waals surface area contributed by atoms with E-state index in [-0.39, 0.29) is 19.1 Å². The Balaban J connectivity index is 3.44. The van der Waals surface area contributed by atoms with Gasteiger partial charge in [-0.1, -0.05) is 18.6 Å². The molecular formula is C9H18O2. The number of unbranched alkanes of at least 4 members (excludes halogenated alkanes) is 1. The van der Waals surface area contributed by atoms with Gasteiger partial charge in [0.1, 0.15) is 0 Å². The summed E-state index contributed by atoms with van der Waals surface area (Å²) >= 11 is 0. The second-order valence-corrected chi connectivity index (χ2v) is 2.95. The third-order valence-corrected chi connectivity index (χ3v) is 1.88. The predicted octanol–water partition coefficient (Wildman–Crippen LogP) is 1.33.